The molecule has 0 aliphatic carbocycles. The third-order valence-electron chi connectivity index (χ3n) is 7.88. The Labute approximate surface area is 232 Å². The number of para-hydroxylation sites is 1. The second-order valence-corrected chi connectivity index (χ2v) is 10.2. The monoisotopic (exact) mass is 514 g/mol. The first-order valence-corrected chi connectivity index (χ1v) is 13.7. The Hall–Kier alpha value is -5.28. The number of allylic oxidation sites excluding steroid dienone is 2. The number of hydrogen-bond acceptors (Lipinski definition) is 3. The quantitative estimate of drug-likeness (QED) is 0.253. The van der Waals surface area contributed by atoms with Crippen LogP contribution in [0.1, 0.15) is 5.56 Å². The third kappa shape index (κ3) is 3.59. The van der Waals surface area contributed by atoms with Crippen LogP contribution in [0.2, 0.25) is 0 Å². The minimum atomic E-state index is 0.794. The SMILES string of the molecule is C1=CNCC(c2cccc3oc4cc(N(c5ccccc5)c5ccc6ccccc6c5)c5ccccc5c4c23)=C1. The van der Waals surface area contributed by atoms with Crippen LogP contribution >= 0.6 is 0 Å². The van der Waals surface area contributed by atoms with Crippen LogP contribution in [-0.2, 0) is 0 Å². The van der Waals surface area contributed by atoms with E-state index in [-0.39, 0.29) is 0 Å². The lowest BCUT2D eigenvalue weighted by atomic mass is 9.95. The van der Waals surface area contributed by atoms with Gasteiger partial charge in [0.1, 0.15) is 11.2 Å². The molecular weight excluding hydrogens is 488 g/mol. The summed E-state index contributed by atoms with van der Waals surface area (Å²) in [6.45, 7) is 0.794. The van der Waals surface area contributed by atoms with E-state index in [1.54, 1.807) is 0 Å². The second kappa shape index (κ2) is 9.18. The minimum absolute atomic E-state index is 0.794. The molecule has 0 atom stereocenters. The van der Waals surface area contributed by atoms with Crippen molar-refractivity contribution in [1.82, 2.24) is 5.32 Å². The maximum Gasteiger partial charge on any atom is 0.138 e. The Morgan fingerprint density at radius 2 is 1.40 bits per heavy atom. The van der Waals surface area contributed by atoms with E-state index in [1.807, 2.05) is 6.20 Å². The van der Waals surface area contributed by atoms with Crippen LogP contribution < -0.4 is 10.2 Å². The summed E-state index contributed by atoms with van der Waals surface area (Å²) >= 11 is 0. The first-order valence-electron chi connectivity index (χ1n) is 13.7. The fourth-order valence-corrected chi connectivity index (χ4v) is 6.08. The molecule has 6 aromatic carbocycles. The largest absolute Gasteiger partial charge is 0.456 e. The van der Waals surface area contributed by atoms with Crippen LogP contribution in [0.3, 0.4) is 0 Å². The second-order valence-electron chi connectivity index (χ2n) is 10.2. The summed E-state index contributed by atoms with van der Waals surface area (Å²) < 4.78 is 6.63. The lowest BCUT2D eigenvalue weighted by molar-refractivity contribution is 0.669. The van der Waals surface area contributed by atoms with Crippen molar-refractivity contribution < 1.29 is 4.42 Å². The predicted octanol–water partition coefficient (Wildman–Crippen LogP) is 9.86. The van der Waals surface area contributed by atoms with E-state index in [1.165, 1.54) is 38.1 Å². The first-order chi connectivity index (χ1) is 19.8. The summed E-state index contributed by atoms with van der Waals surface area (Å²) in [5.41, 5.74) is 7.55. The van der Waals surface area contributed by atoms with Crippen molar-refractivity contribution in [3.05, 3.63) is 145 Å². The molecule has 190 valence electrons. The topological polar surface area (TPSA) is 28.4 Å². The van der Waals surface area contributed by atoms with Crippen LogP contribution in [-0.4, -0.2) is 6.54 Å². The minimum Gasteiger partial charge on any atom is -0.456 e. The van der Waals surface area contributed by atoms with Crippen LogP contribution in [0.5, 0.6) is 0 Å². The van der Waals surface area contributed by atoms with E-state index >= 15 is 0 Å². The van der Waals surface area contributed by atoms with E-state index in [2.05, 4.69) is 144 Å². The molecule has 7 aromatic rings. The van der Waals surface area contributed by atoms with Gasteiger partial charge in [-0.2, -0.15) is 0 Å². The fourth-order valence-electron chi connectivity index (χ4n) is 6.08. The molecule has 40 heavy (non-hydrogen) atoms. The van der Waals surface area contributed by atoms with Gasteiger partial charge in [0.25, 0.3) is 0 Å². The van der Waals surface area contributed by atoms with Gasteiger partial charge in [0.15, 0.2) is 0 Å². The summed E-state index contributed by atoms with van der Waals surface area (Å²) in [7, 11) is 0. The zero-order chi connectivity index (χ0) is 26.5. The Kier molecular flexibility index (Phi) is 5.20. The van der Waals surface area contributed by atoms with E-state index < -0.39 is 0 Å². The van der Waals surface area contributed by atoms with Gasteiger partial charge in [-0.15, -0.1) is 0 Å². The van der Waals surface area contributed by atoms with E-state index in [0.29, 0.717) is 0 Å². The zero-order valence-electron chi connectivity index (χ0n) is 21.8. The number of benzene rings is 6. The molecule has 1 N–H and O–H groups in total. The number of anilines is 3. The van der Waals surface area contributed by atoms with Gasteiger partial charge in [-0.25, -0.2) is 0 Å². The van der Waals surface area contributed by atoms with Gasteiger partial charge in [-0.1, -0.05) is 91.0 Å². The van der Waals surface area contributed by atoms with Crippen LogP contribution in [0.4, 0.5) is 17.1 Å². The molecule has 0 saturated carbocycles. The molecule has 0 fully saturated rings. The van der Waals surface area contributed by atoms with E-state index in [0.717, 1.165) is 40.2 Å². The Balaban J connectivity index is 1.45. The van der Waals surface area contributed by atoms with Crippen molar-refractivity contribution in [3.63, 3.8) is 0 Å². The van der Waals surface area contributed by atoms with Crippen molar-refractivity contribution in [2.24, 2.45) is 0 Å². The lowest BCUT2D eigenvalue weighted by Gasteiger charge is -2.27. The number of rotatable bonds is 4. The average Bonchev–Trinajstić information content (AvgIpc) is 3.41. The molecule has 2 heterocycles. The molecule has 0 unspecified atom stereocenters. The summed E-state index contributed by atoms with van der Waals surface area (Å²) in [5.74, 6) is 0. The number of nitrogens with zero attached hydrogens (tertiary/aromatic N) is 1. The maximum atomic E-state index is 6.63. The standard InChI is InChI=1S/C37H26N2O/c1-2-13-28(14-3-1)39(29-20-19-25-10-4-5-11-26(25)22-29)33-23-35-37(32-16-7-6-15-31(32)33)36-30(17-8-18-34(36)40-35)27-12-9-21-38-24-27/h1-23,38H,24H2. The van der Waals surface area contributed by atoms with Gasteiger partial charge >= 0.3 is 0 Å². The van der Waals surface area contributed by atoms with Gasteiger partial charge in [0.05, 0.1) is 5.69 Å². The van der Waals surface area contributed by atoms with Gasteiger partial charge in [0, 0.05) is 40.1 Å². The van der Waals surface area contributed by atoms with Crippen LogP contribution in [0.15, 0.2) is 144 Å². The van der Waals surface area contributed by atoms with Gasteiger partial charge < -0.3 is 14.6 Å². The highest BCUT2D eigenvalue weighted by atomic mass is 16.3. The van der Waals surface area contributed by atoms with Crippen molar-refractivity contribution in [1.29, 1.82) is 0 Å². The normalized spacial score (nSPS) is 13.2. The number of dihydropyridines is 1. The molecule has 8 rings (SSSR count). The Morgan fingerprint density at radius 3 is 2.25 bits per heavy atom. The molecule has 3 nitrogen and oxygen atoms in total. The number of furan rings is 1. The smallest absolute Gasteiger partial charge is 0.138 e. The molecule has 3 heteroatoms. The van der Waals surface area contributed by atoms with Gasteiger partial charge in [-0.05, 0) is 69.9 Å². The van der Waals surface area contributed by atoms with E-state index in [9.17, 15) is 0 Å². The maximum absolute atomic E-state index is 6.63. The summed E-state index contributed by atoms with van der Waals surface area (Å²) in [4.78, 5) is 2.35. The highest BCUT2D eigenvalue weighted by Crippen LogP contribution is 2.46. The highest BCUT2D eigenvalue weighted by Gasteiger charge is 2.22. The summed E-state index contributed by atoms with van der Waals surface area (Å²) in [6, 6.07) is 43.1. The van der Waals surface area contributed by atoms with Gasteiger partial charge in [0.2, 0.25) is 0 Å². The number of nitrogens with one attached hydrogen (secondary N) is 1. The summed E-state index contributed by atoms with van der Waals surface area (Å²) in [5, 5.41) is 10.5. The van der Waals surface area contributed by atoms with Gasteiger partial charge in [-0.3, -0.25) is 0 Å². The third-order valence-corrected chi connectivity index (χ3v) is 7.88. The average molecular weight is 515 g/mol. The Bertz CT molecular complexity index is 2120. The highest BCUT2D eigenvalue weighted by molar-refractivity contribution is 6.24. The molecule has 0 radical (unpaired) electrons. The van der Waals surface area contributed by atoms with Crippen molar-refractivity contribution >= 4 is 66.1 Å². The summed E-state index contributed by atoms with van der Waals surface area (Å²) in [6.07, 6.45) is 6.25. The van der Waals surface area contributed by atoms with Crippen molar-refractivity contribution in [3.8, 4) is 0 Å². The molecule has 0 spiro atoms. The molecule has 0 saturated heterocycles. The van der Waals surface area contributed by atoms with Crippen LogP contribution in [0, 0.1) is 0 Å². The van der Waals surface area contributed by atoms with Crippen LogP contribution in [0.25, 0.3) is 49.1 Å². The Morgan fingerprint density at radius 1 is 0.600 bits per heavy atom. The molecule has 0 bridgehead atoms. The molecule has 1 aromatic heterocycles. The first kappa shape index (κ1) is 22.7. The fraction of sp³-hybridized carbons (Fsp3) is 0.0270. The van der Waals surface area contributed by atoms with Crippen molar-refractivity contribution in [2.45, 2.75) is 0 Å². The number of hydrogen-bond donors (Lipinski definition) is 1. The van der Waals surface area contributed by atoms with E-state index in [4.69, 9.17) is 4.42 Å². The predicted molar refractivity (Wildman–Crippen MR) is 169 cm³/mol. The molecule has 1 aliphatic heterocycles. The number of fused-ring (bicyclic) bond motifs is 6. The molecule has 0 amide bonds. The zero-order valence-corrected chi connectivity index (χ0v) is 21.8. The van der Waals surface area contributed by atoms with Crippen molar-refractivity contribution in [2.75, 3.05) is 11.4 Å². The molecular formula is C37H26N2O. The molecule has 1 aliphatic rings. The lowest BCUT2D eigenvalue weighted by Crippen LogP contribution is -2.11.